The SMILES string of the molecule is CCC(C)C(NC(=O)c1ccn2c(Nc3c(C)cccc3C)c(-c3ccco3)nc2c1)C(=O)O. The Kier molecular flexibility index (Phi) is 6.40. The molecule has 0 fully saturated rings. The van der Waals surface area contributed by atoms with Crippen molar-refractivity contribution < 1.29 is 19.1 Å². The summed E-state index contributed by atoms with van der Waals surface area (Å²) in [5, 5.41) is 15.7. The number of carboxylic acids is 1. The number of furan rings is 1. The minimum atomic E-state index is -1.05. The second kappa shape index (κ2) is 9.43. The van der Waals surface area contributed by atoms with E-state index in [0.29, 0.717) is 34.9 Å². The Morgan fingerprint density at radius 3 is 2.50 bits per heavy atom. The van der Waals surface area contributed by atoms with Gasteiger partial charge in [-0.05, 0) is 55.2 Å². The van der Waals surface area contributed by atoms with E-state index in [1.54, 1.807) is 37.6 Å². The van der Waals surface area contributed by atoms with Crippen LogP contribution in [-0.4, -0.2) is 32.4 Å². The highest BCUT2D eigenvalue weighted by atomic mass is 16.4. The summed E-state index contributed by atoms with van der Waals surface area (Å²) in [5.41, 5.74) is 4.60. The van der Waals surface area contributed by atoms with Gasteiger partial charge in [0.2, 0.25) is 0 Å². The van der Waals surface area contributed by atoms with Crippen LogP contribution < -0.4 is 10.6 Å². The summed E-state index contributed by atoms with van der Waals surface area (Å²) in [4.78, 5) is 29.2. The number of imidazole rings is 1. The molecule has 4 aromatic rings. The molecule has 0 saturated carbocycles. The molecule has 3 aromatic heterocycles. The lowest BCUT2D eigenvalue weighted by molar-refractivity contribution is -0.140. The van der Waals surface area contributed by atoms with Crippen LogP contribution in [0.3, 0.4) is 0 Å². The van der Waals surface area contributed by atoms with Crippen molar-refractivity contribution in [3.63, 3.8) is 0 Å². The smallest absolute Gasteiger partial charge is 0.326 e. The predicted molar refractivity (Wildman–Crippen MR) is 130 cm³/mol. The maximum atomic E-state index is 12.9. The van der Waals surface area contributed by atoms with Crippen LogP contribution in [0.25, 0.3) is 17.1 Å². The predicted octanol–water partition coefficient (Wildman–Crippen LogP) is 5.18. The van der Waals surface area contributed by atoms with E-state index in [2.05, 4.69) is 10.6 Å². The summed E-state index contributed by atoms with van der Waals surface area (Å²) in [6, 6.07) is 12.0. The number of aryl methyl sites for hydroxylation is 2. The number of hydrogen-bond donors (Lipinski definition) is 3. The Balaban J connectivity index is 1.75. The molecule has 1 amide bonds. The Labute approximate surface area is 197 Å². The van der Waals surface area contributed by atoms with Gasteiger partial charge in [0.05, 0.1) is 6.26 Å². The summed E-state index contributed by atoms with van der Waals surface area (Å²) < 4.78 is 7.47. The second-order valence-electron chi connectivity index (χ2n) is 8.50. The van der Waals surface area contributed by atoms with Crippen molar-refractivity contribution in [1.82, 2.24) is 14.7 Å². The first-order valence-corrected chi connectivity index (χ1v) is 11.2. The van der Waals surface area contributed by atoms with Gasteiger partial charge in [-0.25, -0.2) is 9.78 Å². The molecule has 0 aliphatic rings. The van der Waals surface area contributed by atoms with Crippen molar-refractivity contribution in [1.29, 1.82) is 0 Å². The fourth-order valence-electron chi connectivity index (χ4n) is 3.93. The van der Waals surface area contributed by atoms with Gasteiger partial charge in [0, 0.05) is 17.4 Å². The van der Waals surface area contributed by atoms with Crippen molar-refractivity contribution in [2.45, 2.75) is 40.2 Å². The third kappa shape index (κ3) is 4.39. The Morgan fingerprint density at radius 2 is 1.88 bits per heavy atom. The van der Waals surface area contributed by atoms with Crippen molar-refractivity contribution in [2.75, 3.05) is 5.32 Å². The lowest BCUT2D eigenvalue weighted by atomic mass is 9.99. The van der Waals surface area contributed by atoms with Gasteiger partial charge in [-0.3, -0.25) is 9.20 Å². The fourth-order valence-corrected chi connectivity index (χ4v) is 3.93. The quantitative estimate of drug-likeness (QED) is 0.334. The van der Waals surface area contributed by atoms with E-state index in [0.717, 1.165) is 16.8 Å². The number of benzene rings is 1. The molecule has 3 heterocycles. The molecule has 0 aliphatic heterocycles. The molecule has 176 valence electrons. The lowest BCUT2D eigenvalue weighted by Gasteiger charge is -2.20. The molecule has 0 aliphatic carbocycles. The van der Waals surface area contributed by atoms with Gasteiger partial charge in [0.25, 0.3) is 5.91 Å². The minimum absolute atomic E-state index is 0.199. The number of carbonyl (C=O) groups is 2. The minimum Gasteiger partial charge on any atom is -0.480 e. The summed E-state index contributed by atoms with van der Waals surface area (Å²) in [7, 11) is 0. The molecule has 2 unspecified atom stereocenters. The maximum Gasteiger partial charge on any atom is 0.326 e. The largest absolute Gasteiger partial charge is 0.480 e. The van der Waals surface area contributed by atoms with Gasteiger partial charge in [-0.2, -0.15) is 0 Å². The molecule has 8 heteroatoms. The number of amides is 1. The monoisotopic (exact) mass is 460 g/mol. The third-order valence-corrected chi connectivity index (χ3v) is 6.13. The highest BCUT2D eigenvalue weighted by Crippen LogP contribution is 2.33. The molecule has 0 bridgehead atoms. The molecule has 0 radical (unpaired) electrons. The average Bonchev–Trinajstić information content (AvgIpc) is 3.46. The number of aliphatic carboxylic acids is 1. The van der Waals surface area contributed by atoms with E-state index in [1.165, 1.54) is 0 Å². The number of para-hydroxylation sites is 1. The van der Waals surface area contributed by atoms with E-state index < -0.39 is 17.9 Å². The molecule has 3 N–H and O–H groups in total. The Morgan fingerprint density at radius 1 is 1.15 bits per heavy atom. The van der Waals surface area contributed by atoms with Crippen LogP contribution in [0.2, 0.25) is 0 Å². The number of rotatable bonds is 8. The van der Waals surface area contributed by atoms with E-state index in [1.807, 2.05) is 49.4 Å². The standard InChI is InChI=1S/C26H28N4O4/c1-5-15(2)22(26(32)33)29-25(31)18-11-12-30-20(14-18)27-23(19-10-7-13-34-19)24(30)28-21-16(3)8-6-9-17(21)4/h6-15,22,28H,5H2,1-4H3,(H,29,31)(H,32,33). The number of fused-ring (bicyclic) bond motifs is 1. The zero-order valence-electron chi connectivity index (χ0n) is 19.6. The Bertz CT molecular complexity index is 1320. The molecule has 0 spiro atoms. The number of nitrogens with one attached hydrogen (secondary N) is 2. The first-order valence-electron chi connectivity index (χ1n) is 11.2. The highest BCUT2D eigenvalue weighted by molar-refractivity contribution is 5.97. The number of nitrogens with zero attached hydrogens (tertiary/aromatic N) is 2. The first-order chi connectivity index (χ1) is 16.3. The zero-order valence-corrected chi connectivity index (χ0v) is 19.6. The van der Waals surface area contributed by atoms with Crippen molar-refractivity contribution >= 4 is 29.0 Å². The van der Waals surface area contributed by atoms with Crippen molar-refractivity contribution in [3.05, 3.63) is 71.6 Å². The third-order valence-electron chi connectivity index (χ3n) is 6.13. The van der Waals surface area contributed by atoms with E-state index >= 15 is 0 Å². The molecule has 8 nitrogen and oxygen atoms in total. The van der Waals surface area contributed by atoms with Crippen LogP contribution in [-0.2, 0) is 4.79 Å². The molecule has 4 rings (SSSR count). The number of aromatic nitrogens is 2. The van der Waals surface area contributed by atoms with Crippen molar-refractivity contribution in [3.8, 4) is 11.5 Å². The van der Waals surface area contributed by atoms with Gasteiger partial charge in [-0.15, -0.1) is 0 Å². The summed E-state index contributed by atoms with van der Waals surface area (Å²) >= 11 is 0. The van der Waals surface area contributed by atoms with Crippen LogP contribution in [0.4, 0.5) is 11.5 Å². The topological polar surface area (TPSA) is 109 Å². The fraction of sp³-hybridized carbons (Fsp3) is 0.269. The number of carbonyl (C=O) groups excluding carboxylic acids is 1. The van der Waals surface area contributed by atoms with Gasteiger partial charge >= 0.3 is 5.97 Å². The summed E-state index contributed by atoms with van der Waals surface area (Å²) in [6.45, 7) is 7.76. The van der Waals surface area contributed by atoms with Gasteiger partial charge in [0.15, 0.2) is 5.76 Å². The van der Waals surface area contributed by atoms with Crippen molar-refractivity contribution in [2.24, 2.45) is 5.92 Å². The van der Waals surface area contributed by atoms with Crippen LogP contribution in [0.1, 0.15) is 41.8 Å². The normalized spacial score (nSPS) is 12.9. The number of anilines is 2. The first kappa shape index (κ1) is 23.1. The van der Waals surface area contributed by atoms with Crippen LogP contribution >= 0.6 is 0 Å². The zero-order chi connectivity index (χ0) is 24.4. The van der Waals surface area contributed by atoms with Crippen LogP contribution in [0.5, 0.6) is 0 Å². The lowest BCUT2D eigenvalue weighted by Crippen LogP contribution is -2.45. The van der Waals surface area contributed by atoms with Gasteiger partial charge in [-0.1, -0.05) is 38.5 Å². The molecular weight excluding hydrogens is 432 g/mol. The van der Waals surface area contributed by atoms with E-state index in [9.17, 15) is 14.7 Å². The Hall–Kier alpha value is -4.07. The molecule has 2 atom stereocenters. The van der Waals surface area contributed by atoms with E-state index in [4.69, 9.17) is 9.40 Å². The molecule has 1 aromatic carbocycles. The molecule has 0 saturated heterocycles. The molecule has 34 heavy (non-hydrogen) atoms. The van der Waals surface area contributed by atoms with Crippen LogP contribution in [0, 0.1) is 19.8 Å². The number of hydrogen-bond acceptors (Lipinski definition) is 5. The summed E-state index contributed by atoms with van der Waals surface area (Å²) in [6.07, 6.45) is 3.97. The highest BCUT2D eigenvalue weighted by Gasteiger charge is 2.26. The second-order valence-corrected chi connectivity index (χ2v) is 8.50. The van der Waals surface area contributed by atoms with Gasteiger partial charge < -0.3 is 20.2 Å². The van der Waals surface area contributed by atoms with Gasteiger partial charge in [0.1, 0.15) is 23.2 Å². The van der Waals surface area contributed by atoms with E-state index in [-0.39, 0.29) is 5.92 Å². The molecular formula is C26H28N4O4. The number of pyridine rings is 1. The van der Waals surface area contributed by atoms with Crippen LogP contribution in [0.15, 0.2) is 59.3 Å². The maximum absolute atomic E-state index is 12.9. The number of carboxylic acid groups (broad SMARTS) is 1. The average molecular weight is 461 g/mol. The summed E-state index contributed by atoms with van der Waals surface area (Å²) in [5.74, 6) is -0.411.